The molecular weight excluding hydrogens is 354 g/mol. The standard InChI is InChI=1S/C24H28F2N2/c1-18(2)19(3)28(16-21-8-12-23(26)13-9-21)17-24-5-4-14-27(24)15-20-6-10-22(25)11-7-20/h4-14,18-19H,15-17H2,1-3H3/t19-/m0/s1. The Labute approximate surface area is 166 Å². The fourth-order valence-corrected chi connectivity index (χ4v) is 3.33. The quantitative estimate of drug-likeness (QED) is 0.474. The second-order valence-electron chi connectivity index (χ2n) is 7.77. The van der Waals surface area contributed by atoms with Gasteiger partial charge in [-0.05, 0) is 60.4 Å². The van der Waals surface area contributed by atoms with Crippen LogP contribution in [0.2, 0.25) is 0 Å². The molecular formula is C24H28F2N2. The van der Waals surface area contributed by atoms with Crippen molar-refractivity contribution in [1.82, 2.24) is 9.47 Å². The maximum absolute atomic E-state index is 13.3. The molecule has 0 amide bonds. The van der Waals surface area contributed by atoms with Gasteiger partial charge in [0, 0.05) is 37.6 Å². The van der Waals surface area contributed by atoms with Gasteiger partial charge >= 0.3 is 0 Å². The molecule has 4 heteroatoms. The lowest BCUT2D eigenvalue weighted by Gasteiger charge is -2.32. The van der Waals surface area contributed by atoms with E-state index < -0.39 is 0 Å². The molecule has 0 saturated heterocycles. The first-order valence-corrected chi connectivity index (χ1v) is 9.79. The topological polar surface area (TPSA) is 8.17 Å². The molecule has 0 spiro atoms. The van der Waals surface area contributed by atoms with Crippen molar-refractivity contribution in [1.29, 1.82) is 0 Å². The third kappa shape index (κ3) is 5.29. The Morgan fingerprint density at radius 3 is 1.93 bits per heavy atom. The third-order valence-corrected chi connectivity index (χ3v) is 5.39. The van der Waals surface area contributed by atoms with Crippen molar-refractivity contribution in [3.05, 3.63) is 95.3 Å². The first kappa shape index (κ1) is 20.3. The van der Waals surface area contributed by atoms with Crippen LogP contribution in [0.15, 0.2) is 66.9 Å². The summed E-state index contributed by atoms with van der Waals surface area (Å²) in [5, 5.41) is 0. The van der Waals surface area contributed by atoms with Crippen molar-refractivity contribution < 1.29 is 8.78 Å². The Bertz CT molecular complexity index is 866. The first-order chi connectivity index (χ1) is 13.4. The second kappa shape index (κ2) is 9.16. The fourth-order valence-electron chi connectivity index (χ4n) is 3.33. The zero-order valence-corrected chi connectivity index (χ0v) is 16.8. The fraction of sp³-hybridized carbons (Fsp3) is 0.333. The molecule has 0 unspecified atom stereocenters. The number of halogens is 2. The first-order valence-electron chi connectivity index (χ1n) is 9.79. The summed E-state index contributed by atoms with van der Waals surface area (Å²) in [6.07, 6.45) is 2.06. The normalized spacial score (nSPS) is 12.7. The predicted octanol–water partition coefficient (Wildman–Crippen LogP) is 5.86. The van der Waals surface area contributed by atoms with E-state index in [1.165, 1.54) is 30.0 Å². The monoisotopic (exact) mass is 382 g/mol. The number of aromatic nitrogens is 1. The van der Waals surface area contributed by atoms with Crippen LogP contribution in [0, 0.1) is 17.6 Å². The molecule has 0 saturated carbocycles. The van der Waals surface area contributed by atoms with Gasteiger partial charge in [-0.2, -0.15) is 0 Å². The second-order valence-corrected chi connectivity index (χ2v) is 7.77. The van der Waals surface area contributed by atoms with Crippen molar-refractivity contribution in [3.8, 4) is 0 Å². The lowest BCUT2D eigenvalue weighted by Crippen LogP contribution is -2.36. The highest BCUT2D eigenvalue weighted by Crippen LogP contribution is 2.19. The minimum atomic E-state index is -0.215. The van der Waals surface area contributed by atoms with Gasteiger partial charge < -0.3 is 4.57 Å². The summed E-state index contributed by atoms with van der Waals surface area (Å²) in [5.41, 5.74) is 3.38. The maximum atomic E-state index is 13.3. The van der Waals surface area contributed by atoms with Crippen LogP contribution in [-0.4, -0.2) is 15.5 Å². The molecule has 0 aliphatic heterocycles. The molecule has 0 fully saturated rings. The highest BCUT2D eigenvalue weighted by Gasteiger charge is 2.19. The van der Waals surface area contributed by atoms with E-state index in [-0.39, 0.29) is 11.6 Å². The van der Waals surface area contributed by atoms with Crippen LogP contribution in [0.4, 0.5) is 8.78 Å². The van der Waals surface area contributed by atoms with Gasteiger partial charge in [0.1, 0.15) is 11.6 Å². The van der Waals surface area contributed by atoms with Crippen LogP contribution in [0.25, 0.3) is 0 Å². The van der Waals surface area contributed by atoms with Gasteiger partial charge in [-0.3, -0.25) is 4.90 Å². The van der Waals surface area contributed by atoms with E-state index in [1.54, 1.807) is 0 Å². The van der Waals surface area contributed by atoms with Gasteiger partial charge in [-0.25, -0.2) is 8.78 Å². The summed E-state index contributed by atoms with van der Waals surface area (Å²) in [6, 6.07) is 18.0. The molecule has 2 aromatic carbocycles. The Hall–Kier alpha value is -2.46. The summed E-state index contributed by atoms with van der Waals surface area (Å²) in [5.74, 6) is 0.0778. The largest absolute Gasteiger partial charge is 0.346 e. The van der Waals surface area contributed by atoms with E-state index in [0.29, 0.717) is 18.5 Å². The summed E-state index contributed by atoms with van der Waals surface area (Å²) >= 11 is 0. The minimum Gasteiger partial charge on any atom is -0.346 e. The number of benzene rings is 2. The molecule has 1 heterocycles. The molecule has 28 heavy (non-hydrogen) atoms. The van der Waals surface area contributed by atoms with E-state index >= 15 is 0 Å². The van der Waals surface area contributed by atoms with Crippen LogP contribution < -0.4 is 0 Å². The summed E-state index contributed by atoms with van der Waals surface area (Å²) in [7, 11) is 0. The molecule has 1 aromatic heterocycles. The lowest BCUT2D eigenvalue weighted by molar-refractivity contribution is 0.148. The van der Waals surface area contributed by atoms with Crippen molar-refractivity contribution in [2.75, 3.05) is 0 Å². The van der Waals surface area contributed by atoms with E-state index in [2.05, 4.69) is 48.6 Å². The molecule has 3 aromatic rings. The van der Waals surface area contributed by atoms with Crippen LogP contribution in [0.3, 0.4) is 0 Å². The Morgan fingerprint density at radius 2 is 1.36 bits per heavy atom. The zero-order valence-electron chi connectivity index (χ0n) is 16.8. The summed E-state index contributed by atoms with van der Waals surface area (Å²) < 4.78 is 28.6. The van der Waals surface area contributed by atoms with E-state index in [4.69, 9.17) is 0 Å². The molecule has 148 valence electrons. The molecule has 0 N–H and O–H groups in total. The van der Waals surface area contributed by atoms with Gasteiger partial charge in [-0.1, -0.05) is 38.1 Å². The van der Waals surface area contributed by atoms with Gasteiger partial charge in [0.2, 0.25) is 0 Å². The van der Waals surface area contributed by atoms with Crippen LogP contribution in [0.5, 0.6) is 0 Å². The van der Waals surface area contributed by atoms with Crippen molar-refractivity contribution in [2.45, 2.75) is 46.4 Å². The minimum absolute atomic E-state index is 0.208. The van der Waals surface area contributed by atoms with E-state index in [0.717, 1.165) is 24.2 Å². The number of hydrogen-bond acceptors (Lipinski definition) is 1. The van der Waals surface area contributed by atoms with Gasteiger partial charge in [-0.15, -0.1) is 0 Å². The van der Waals surface area contributed by atoms with E-state index in [9.17, 15) is 8.78 Å². The predicted molar refractivity (Wildman–Crippen MR) is 110 cm³/mol. The molecule has 0 aliphatic rings. The smallest absolute Gasteiger partial charge is 0.123 e. The number of hydrogen-bond donors (Lipinski definition) is 0. The SMILES string of the molecule is CC(C)[C@H](C)N(Cc1ccc(F)cc1)Cc1cccn1Cc1ccc(F)cc1. The van der Waals surface area contributed by atoms with Crippen LogP contribution in [-0.2, 0) is 19.6 Å². The lowest BCUT2D eigenvalue weighted by atomic mass is 10.0. The summed E-state index contributed by atoms with van der Waals surface area (Å²) in [4.78, 5) is 2.42. The number of nitrogens with zero attached hydrogens (tertiary/aromatic N) is 2. The number of rotatable bonds is 8. The Morgan fingerprint density at radius 1 is 0.786 bits per heavy atom. The highest BCUT2D eigenvalue weighted by atomic mass is 19.1. The van der Waals surface area contributed by atoms with E-state index in [1.807, 2.05) is 24.3 Å². The third-order valence-electron chi connectivity index (χ3n) is 5.39. The average Bonchev–Trinajstić information content (AvgIpc) is 3.11. The Balaban J connectivity index is 1.78. The molecule has 0 aliphatic carbocycles. The molecule has 3 rings (SSSR count). The van der Waals surface area contributed by atoms with Crippen LogP contribution >= 0.6 is 0 Å². The van der Waals surface area contributed by atoms with Gasteiger partial charge in [0.15, 0.2) is 0 Å². The Kier molecular flexibility index (Phi) is 6.63. The highest BCUT2D eigenvalue weighted by molar-refractivity contribution is 5.19. The molecule has 0 radical (unpaired) electrons. The molecule has 0 bridgehead atoms. The van der Waals surface area contributed by atoms with Crippen molar-refractivity contribution in [3.63, 3.8) is 0 Å². The molecule has 2 nitrogen and oxygen atoms in total. The molecule has 1 atom stereocenters. The van der Waals surface area contributed by atoms with Crippen LogP contribution in [0.1, 0.15) is 37.6 Å². The maximum Gasteiger partial charge on any atom is 0.123 e. The van der Waals surface area contributed by atoms with Gasteiger partial charge in [0.25, 0.3) is 0 Å². The average molecular weight is 382 g/mol. The zero-order chi connectivity index (χ0) is 20.1. The van der Waals surface area contributed by atoms with Crippen molar-refractivity contribution in [2.24, 2.45) is 5.92 Å². The summed E-state index contributed by atoms with van der Waals surface area (Å²) in [6.45, 7) is 8.95. The van der Waals surface area contributed by atoms with Crippen molar-refractivity contribution >= 4 is 0 Å². The van der Waals surface area contributed by atoms with Gasteiger partial charge in [0.05, 0.1) is 0 Å².